The minimum absolute atomic E-state index is 0. The molecule has 164 valence electrons. The Bertz CT molecular complexity index is 556. The zero-order valence-electron chi connectivity index (χ0n) is 20.4. The predicted octanol–water partition coefficient (Wildman–Crippen LogP) is 2.28. The van der Waals surface area contributed by atoms with Crippen LogP contribution in [0.1, 0.15) is 94.9 Å². The molecule has 0 aliphatic heterocycles. The second-order valence-electron chi connectivity index (χ2n) is 9.31. The summed E-state index contributed by atoms with van der Waals surface area (Å²) in [5, 5.41) is 0. The zero-order chi connectivity index (χ0) is 20.1. The fourth-order valence-electron chi connectivity index (χ4n) is 3.75. The Hall–Kier alpha value is 0.423. The van der Waals surface area contributed by atoms with E-state index in [1.807, 2.05) is 0 Å². The van der Waals surface area contributed by atoms with Crippen molar-refractivity contribution in [3.63, 3.8) is 0 Å². The van der Waals surface area contributed by atoms with E-state index in [2.05, 4.69) is 93.5 Å². The molecule has 2 unspecified atom stereocenters. The van der Waals surface area contributed by atoms with Gasteiger partial charge in [0.2, 0.25) is 0 Å². The number of hydrogen-bond donors (Lipinski definition) is 0. The van der Waals surface area contributed by atoms with Gasteiger partial charge in [-0.05, 0) is 35.5 Å². The van der Waals surface area contributed by atoms with E-state index in [9.17, 15) is 0 Å². The molecule has 2 rings (SSSR count). The molecule has 0 fully saturated rings. The normalized spacial score (nSPS) is 19.2. The second-order valence-corrected chi connectivity index (χ2v) is 9.31. The van der Waals surface area contributed by atoms with Gasteiger partial charge in [0, 0.05) is 0 Å². The minimum Gasteiger partial charge on any atom is -1.00 e. The third-order valence-corrected chi connectivity index (χ3v) is 7.17. The van der Waals surface area contributed by atoms with Crippen molar-refractivity contribution in [1.29, 1.82) is 0 Å². The Morgan fingerprint density at radius 2 is 1.03 bits per heavy atom. The summed E-state index contributed by atoms with van der Waals surface area (Å²) in [7, 11) is 0. The summed E-state index contributed by atoms with van der Waals surface area (Å²) in [6.45, 7) is 22.8. The van der Waals surface area contributed by atoms with Crippen LogP contribution in [0.3, 0.4) is 0 Å². The summed E-state index contributed by atoms with van der Waals surface area (Å²) in [5.41, 5.74) is 6.30. The molecular weight excluding hydrogens is 474 g/mol. The Kier molecular flexibility index (Phi) is 17.0. The maximum absolute atomic E-state index is 3.50. The molecule has 0 aromatic carbocycles. The van der Waals surface area contributed by atoms with Gasteiger partial charge in [-0.2, -0.15) is 11.1 Å². The van der Waals surface area contributed by atoms with Gasteiger partial charge < -0.3 is 24.8 Å². The van der Waals surface area contributed by atoms with Crippen molar-refractivity contribution >= 4 is 0 Å². The summed E-state index contributed by atoms with van der Waals surface area (Å²) in [6.07, 6.45) is 16.3. The van der Waals surface area contributed by atoms with Crippen molar-refractivity contribution in [1.82, 2.24) is 0 Å². The maximum atomic E-state index is 3.50. The summed E-state index contributed by atoms with van der Waals surface area (Å²) >= 11 is 0. The van der Waals surface area contributed by atoms with E-state index in [1.165, 1.54) is 35.1 Å². The summed E-state index contributed by atoms with van der Waals surface area (Å²) in [6, 6.07) is 0. The molecule has 2 atom stereocenters. The predicted molar refractivity (Wildman–Crippen MR) is 117 cm³/mol. The van der Waals surface area contributed by atoms with Crippen molar-refractivity contribution in [3.05, 3.63) is 46.6 Å². The summed E-state index contributed by atoms with van der Waals surface area (Å²) < 4.78 is 0. The quantitative estimate of drug-likeness (QED) is 0.476. The standard InChI is InChI=1S/2C13H21.2ClH.Zr/c2*1-6-13(5,10(2)3)12-8-7-11(4)9-12;;;/h2*8,10H,6-7H2,1-5H3;2*1H;/q2*-1;;;+4/p-2. The number of rotatable bonds is 6. The van der Waals surface area contributed by atoms with Gasteiger partial charge in [0.15, 0.2) is 0 Å². The molecule has 0 radical (unpaired) electrons. The van der Waals surface area contributed by atoms with Gasteiger partial charge in [0.05, 0.1) is 0 Å². The van der Waals surface area contributed by atoms with Gasteiger partial charge in [-0.3, -0.25) is 0 Å². The largest absolute Gasteiger partial charge is 4.00 e. The third-order valence-electron chi connectivity index (χ3n) is 7.17. The molecule has 2 aliphatic rings. The molecule has 2 aliphatic carbocycles. The molecule has 0 saturated heterocycles. The molecule has 0 amide bonds. The van der Waals surface area contributed by atoms with Gasteiger partial charge in [0.25, 0.3) is 0 Å². The first kappa shape index (κ1) is 34.0. The van der Waals surface area contributed by atoms with Crippen LogP contribution in [0.5, 0.6) is 0 Å². The Labute approximate surface area is 214 Å². The van der Waals surface area contributed by atoms with Crippen molar-refractivity contribution in [3.8, 4) is 0 Å². The van der Waals surface area contributed by atoms with Crippen LogP contribution in [0.4, 0.5) is 0 Å². The van der Waals surface area contributed by atoms with E-state index in [1.54, 1.807) is 0 Å². The van der Waals surface area contributed by atoms with E-state index in [0.29, 0.717) is 22.7 Å². The topological polar surface area (TPSA) is 0 Å². The van der Waals surface area contributed by atoms with Crippen LogP contribution in [0.25, 0.3) is 0 Å². The van der Waals surface area contributed by atoms with Gasteiger partial charge in [0.1, 0.15) is 0 Å². The minimum atomic E-state index is 0. The van der Waals surface area contributed by atoms with E-state index in [0.717, 1.165) is 12.8 Å². The molecule has 0 nitrogen and oxygen atoms in total. The van der Waals surface area contributed by atoms with Crippen LogP contribution >= 0.6 is 0 Å². The molecule has 0 heterocycles. The fourth-order valence-corrected chi connectivity index (χ4v) is 3.75. The van der Waals surface area contributed by atoms with Gasteiger partial charge in [-0.1, -0.05) is 82.1 Å². The van der Waals surface area contributed by atoms with E-state index >= 15 is 0 Å². The zero-order valence-corrected chi connectivity index (χ0v) is 24.4. The fraction of sp³-hybridized carbons (Fsp3) is 0.692. The summed E-state index contributed by atoms with van der Waals surface area (Å²) in [5.74, 6) is 1.39. The van der Waals surface area contributed by atoms with Crippen LogP contribution in [0, 0.1) is 34.8 Å². The average Bonchev–Trinajstić information content (AvgIpc) is 3.22. The van der Waals surface area contributed by atoms with Gasteiger partial charge in [-0.15, -0.1) is 0 Å². The van der Waals surface area contributed by atoms with E-state index in [4.69, 9.17) is 0 Å². The number of allylic oxidation sites excluding steroid dienone is 8. The first-order valence-corrected chi connectivity index (χ1v) is 10.6. The van der Waals surface area contributed by atoms with Crippen LogP contribution in [0.15, 0.2) is 34.4 Å². The van der Waals surface area contributed by atoms with Crippen molar-refractivity contribution in [2.45, 2.75) is 94.9 Å². The van der Waals surface area contributed by atoms with Crippen LogP contribution < -0.4 is 24.8 Å². The van der Waals surface area contributed by atoms with Crippen LogP contribution in [-0.4, -0.2) is 0 Å². The monoisotopic (exact) mass is 514 g/mol. The molecule has 29 heavy (non-hydrogen) atoms. The second kappa shape index (κ2) is 14.5. The maximum Gasteiger partial charge on any atom is 4.00 e. The first-order valence-electron chi connectivity index (χ1n) is 10.6. The van der Waals surface area contributed by atoms with Crippen LogP contribution in [-0.2, 0) is 26.2 Å². The third kappa shape index (κ3) is 8.46. The average molecular weight is 517 g/mol. The van der Waals surface area contributed by atoms with Gasteiger partial charge >= 0.3 is 26.2 Å². The first-order chi connectivity index (χ1) is 12.0. The molecular formula is C26H42Cl2Zr. The molecule has 0 aromatic rings. The van der Waals surface area contributed by atoms with Crippen LogP contribution in [0.2, 0.25) is 0 Å². The Morgan fingerprint density at radius 1 is 0.759 bits per heavy atom. The van der Waals surface area contributed by atoms with Crippen molar-refractivity contribution < 1.29 is 51.0 Å². The molecule has 0 saturated carbocycles. The van der Waals surface area contributed by atoms with Crippen molar-refractivity contribution in [2.24, 2.45) is 22.7 Å². The molecule has 0 bridgehead atoms. The van der Waals surface area contributed by atoms with Gasteiger partial charge in [-0.25, -0.2) is 35.5 Å². The molecule has 0 spiro atoms. The molecule has 0 N–H and O–H groups in total. The molecule has 3 heteroatoms. The van der Waals surface area contributed by atoms with E-state index < -0.39 is 0 Å². The smallest absolute Gasteiger partial charge is 1.00 e. The van der Waals surface area contributed by atoms with Crippen molar-refractivity contribution in [2.75, 3.05) is 0 Å². The Balaban J connectivity index is -0.000000422. The SMILES string of the molecule is CCC(C)(C1=CCC(C)=[C-]1)C(C)C.CCC(C)(C1=CCC(C)=[C-]1)C(C)C.[Cl-].[Cl-].[Zr+4]. The summed E-state index contributed by atoms with van der Waals surface area (Å²) in [4.78, 5) is 0. The Morgan fingerprint density at radius 3 is 1.17 bits per heavy atom. The number of halogens is 2. The molecule has 0 aromatic heterocycles. The number of hydrogen-bond acceptors (Lipinski definition) is 0. The van der Waals surface area contributed by atoms with E-state index in [-0.39, 0.29) is 51.0 Å².